The lowest BCUT2D eigenvalue weighted by Gasteiger charge is -2.20. The third-order valence-electron chi connectivity index (χ3n) is 5.69. The molecular weight excluding hydrogens is 470 g/mol. The number of likely N-dealkylation sites (N-methyl/N-ethyl adjacent to an activating group) is 1. The highest BCUT2D eigenvalue weighted by molar-refractivity contribution is 7.14. The summed E-state index contributed by atoms with van der Waals surface area (Å²) in [6.45, 7) is 4.78. The van der Waals surface area contributed by atoms with Crippen LogP contribution in [0.15, 0.2) is 96.9 Å². The van der Waals surface area contributed by atoms with Crippen LogP contribution in [0.25, 0.3) is 22.4 Å². The Kier molecular flexibility index (Phi) is 7.92. The number of carbonyl (C=O) groups is 2. The lowest BCUT2D eigenvalue weighted by Crippen LogP contribution is -2.31. The molecule has 1 heterocycles. The molecule has 0 aliphatic rings. The van der Waals surface area contributed by atoms with E-state index in [4.69, 9.17) is 10.1 Å². The largest absolute Gasteiger partial charge is 0.480 e. The molecule has 0 unspecified atom stereocenters. The predicted molar refractivity (Wildman–Crippen MR) is 145 cm³/mol. The maximum Gasteiger partial charge on any atom is 0.323 e. The van der Waals surface area contributed by atoms with Crippen LogP contribution < -0.4 is 4.90 Å². The summed E-state index contributed by atoms with van der Waals surface area (Å²) in [5.74, 6) is -1.37. The highest BCUT2D eigenvalue weighted by atomic mass is 32.1. The summed E-state index contributed by atoms with van der Waals surface area (Å²) in [5, 5.41) is 11.8. The monoisotopic (exact) mass is 497 g/mol. The van der Waals surface area contributed by atoms with E-state index >= 15 is 0 Å². The topological polar surface area (TPSA) is 73.7 Å². The lowest BCUT2D eigenvalue weighted by atomic mass is 10.0. The van der Waals surface area contributed by atoms with Gasteiger partial charge in [-0.1, -0.05) is 72.8 Å². The van der Waals surface area contributed by atoms with E-state index in [1.807, 2.05) is 36.4 Å². The number of carboxylic acid groups (broad SMARTS) is 1. The first kappa shape index (κ1) is 24.9. The standard InChI is InChI=1S/C29H27N3O3S/c1-3-17-32(18-21-9-11-25(12-10-21)28(35)31(2)19-27(33)34)29-30-26(20-36-29)24-15-13-23(14-16-24)22-7-5-4-6-8-22/h3-16,20H,1,17-19H2,2H3,(H,33,34). The number of anilines is 1. The molecule has 0 bridgehead atoms. The van der Waals surface area contributed by atoms with Crippen molar-refractivity contribution in [1.82, 2.24) is 9.88 Å². The minimum Gasteiger partial charge on any atom is -0.480 e. The Morgan fingerprint density at radius 1 is 0.944 bits per heavy atom. The molecule has 3 aromatic carbocycles. The molecule has 0 radical (unpaired) electrons. The zero-order valence-electron chi connectivity index (χ0n) is 20.0. The van der Waals surface area contributed by atoms with E-state index in [-0.39, 0.29) is 12.5 Å². The number of carbonyl (C=O) groups excluding carboxylic acids is 1. The van der Waals surface area contributed by atoms with Crippen molar-refractivity contribution >= 4 is 28.3 Å². The number of aliphatic carboxylic acids is 1. The van der Waals surface area contributed by atoms with Gasteiger partial charge in [0.2, 0.25) is 0 Å². The van der Waals surface area contributed by atoms with Crippen LogP contribution in [-0.2, 0) is 11.3 Å². The van der Waals surface area contributed by atoms with E-state index in [0.717, 1.165) is 22.0 Å². The van der Waals surface area contributed by atoms with Crippen LogP contribution in [0.3, 0.4) is 0 Å². The fourth-order valence-corrected chi connectivity index (χ4v) is 4.69. The molecule has 1 N–H and O–H groups in total. The van der Waals surface area contributed by atoms with Crippen LogP contribution in [0.2, 0.25) is 0 Å². The zero-order chi connectivity index (χ0) is 25.5. The predicted octanol–water partition coefficient (Wildman–Crippen LogP) is 5.83. The van der Waals surface area contributed by atoms with Gasteiger partial charge in [-0.3, -0.25) is 9.59 Å². The normalized spacial score (nSPS) is 10.6. The Bertz CT molecular complexity index is 1330. The van der Waals surface area contributed by atoms with Crippen LogP contribution in [0.5, 0.6) is 0 Å². The van der Waals surface area contributed by atoms with Gasteiger partial charge in [0.05, 0.1) is 5.69 Å². The molecular formula is C29H27N3O3S. The van der Waals surface area contributed by atoms with Crippen LogP contribution >= 0.6 is 11.3 Å². The van der Waals surface area contributed by atoms with E-state index in [2.05, 4.69) is 53.3 Å². The lowest BCUT2D eigenvalue weighted by molar-refractivity contribution is -0.137. The van der Waals surface area contributed by atoms with Gasteiger partial charge in [-0.25, -0.2) is 4.98 Å². The van der Waals surface area contributed by atoms with Crippen LogP contribution in [0.1, 0.15) is 15.9 Å². The second kappa shape index (κ2) is 11.5. The Labute approximate surface area is 214 Å². The number of amides is 1. The van der Waals surface area contributed by atoms with E-state index in [1.54, 1.807) is 23.5 Å². The molecule has 0 aliphatic carbocycles. The molecule has 0 saturated carbocycles. The van der Waals surface area contributed by atoms with E-state index in [1.165, 1.54) is 23.1 Å². The fourth-order valence-electron chi connectivity index (χ4n) is 3.84. The summed E-state index contributed by atoms with van der Waals surface area (Å²) >= 11 is 1.58. The highest BCUT2D eigenvalue weighted by Crippen LogP contribution is 2.30. The Morgan fingerprint density at radius 3 is 2.22 bits per heavy atom. The van der Waals surface area contributed by atoms with Crippen molar-refractivity contribution in [2.24, 2.45) is 0 Å². The summed E-state index contributed by atoms with van der Waals surface area (Å²) in [4.78, 5) is 31.5. The SMILES string of the molecule is C=CCN(Cc1ccc(C(=O)N(C)CC(=O)O)cc1)c1nc(-c2ccc(-c3ccccc3)cc2)cs1. The number of hydrogen-bond acceptors (Lipinski definition) is 5. The Balaban J connectivity index is 1.46. The molecule has 4 aromatic rings. The van der Waals surface area contributed by atoms with Crippen molar-refractivity contribution in [3.05, 3.63) is 108 Å². The molecule has 0 spiro atoms. The minimum absolute atomic E-state index is 0.324. The molecule has 1 amide bonds. The smallest absolute Gasteiger partial charge is 0.323 e. The fraction of sp³-hybridized carbons (Fsp3) is 0.138. The van der Waals surface area contributed by atoms with Gasteiger partial charge in [-0.2, -0.15) is 0 Å². The Hall–Kier alpha value is -4.23. The number of hydrogen-bond donors (Lipinski definition) is 1. The first-order valence-corrected chi connectivity index (χ1v) is 12.4. The van der Waals surface area contributed by atoms with E-state index < -0.39 is 5.97 Å². The summed E-state index contributed by atoms with van der Waals surface area (Å²) in [6.07, 6.45) is 1.84. The van der Waals surface area contributed by atoms with Crippen LogP contribution in [-0.4, -0.2) is 47.0 Å². The summed E-state index contributed by atoms with van der Waals surface area (Å²) in [7, 11) is 1.48. The van der Waals surface area contributed by atoms with Crippen LogP contribution in [0, 0.1) is 0 Å². The maximum absolute atomic E-state index is 12.4. The molecule has 0 atom stereocenters. The van der Waals surface area contributed by atoms with E-state index in [0.29, 0.717) is 18.7 Å². The number of rotatable bonds is 10. The summed E-state index contributed by atoms with van der Waals surface area (Å²) in [5.41, 5.74) is 5.79. The van der Waals surface area contributed by atoms with Gasteiger partial charge in [0.15, 0.2) is 5.13 Å². The molecule has 7 heteroatoms. The number of carboxylic acids is 1. The number of benzene rings is 3. The number of nitrogens with zero attached hydrogens (tertiary/aromatic N) is 3. The summed E-state index contributed by atoms with van der Waals surface area (Å²) < 4.78 is 0. The highest BCUT2D eigenvalue weighted by Gasteiger charge is 2.16. The van der Waals surface area contributed by atoms with Crippen LogP contribution in [0.4, 0.5) is 5.13 Å². The second-order valence-corrected chi connectivity index (χ2v) is 9.22. The third-order valence-corrected chi connectivity index (χ3v) is 6.59. The molecule has 0 saturated heterocycles. The third kappa shape index (κ3) is 6.06. The minimum atomic E-state index is -1.04. The first-order chi connectivity index (χ1) is 17.4. The average molecular weight is 498 g/mol. The number of thiazole rings is 1. The van der Waals surface area contributed by atoms with Crippen molar-refractivity contribution in [2.75, 3.05) is 25.0 Å². The summed E-state index contributed by atoms with van der Waals surface area (Å²) in [6, 6.07) is 25.9. The van der Waals surface area contributed by atoms with Crippen molar-refractivity contribution in [1.29, 1.82) is 0 Å². The van der Waals surface area contributed by atoms with E-state index in [9.17, 15) is 9.59 Å². The second-order valence-electron chi connectivity index (χ2n) is 8.38. The molecule has 182 valence electrons. The molecule has 0 aliphatic heterocycles. The molecule has 0 fully saturated rings. The number of aromatic nitrogens is 1. The molecule has 1 aromatic heterocycles. The molecule has 36 heavy (non-hydrogen) atoms. The van der Waals surface area contributed by atoms with Gasteiger partial charge in [0.25, 0.3) is 5.91 Å². The average Bonchev–Trinajstić information content (AvgIpc) is 3.39. The van der Waals surface area contributed by atoms with Gasteiger partial charge >= 0.3 is 5.97 Å². The van der Waals surface area contributed by atoms with Crippen molar-refractivity contribution < 1.29 is 14.7 Å². The maximum atomic E-state index is 12.4. The van der Waals surface area contributed by atoms with Crippen molar-refractivity contribution in [3.8, 4) is 22.4 Å². The van der Waals surface area contributed by atoms with Gasteiger partial charge in [-0.05, 0) is 28.8 Å². The van der Waals surface area contributed by atoms with Gasteiger partial charge in [0.1, 0.15) is 6.54 Å². The first-order valence-electron chi connectivity index (χ1n) is 11.5. The zero-order valence-corrected chi connectivity index (χ0v) is 20.8. The van der Waals surface area contributed by atoms with Gasteiger partial charge in [-0.15, -0.1) is 17.9 Å². The molecule has 4 rings (SSSR count). The van der Waals surface area contributed by atoms with Gasteiger partial charge in [0, 0.05) is 36.6 Å². The Morgan fingerprint density at radius 2 is 1.58 bits per heavy atom. The molecule has 6 nitrogen and oxygen atoms in total. The quantitative estimate of drug-likeness (QED) is 0.279. The van der Waals surface area contributed by atoms with Crippen molar-refractivity contribution in [3.63, 3.8) is 0 Å². The van der Waals surface area contributed by atoms with Crippen molar-refractivity contribution in [2.45, 2.75) is 6.54 Å². The van der Waals surface area contributed by atoms with Gasteiger partial charge < -0.3 is 14.9 Å².